The predicted molar refractivity (Wildman–Crippen MR) is 91.8 cm³/mol. The van der Waals surface area contributed by atoms with Gasteiger partial charge >= 0.3 is 0 Å². The van der Waals surface area contributed by atoms with Gasteiger partial charge in [-0.05, 0) is 35.7 Å². The Labute approximate surface area is 139 Å². The lowest BCUT2D eigenvalue weighted by atomic mass is 10.1. The topological polar surface area (TPSA) is 82.2 Å². The molecule has 0 aliphatic heterocycles. The number of phenolic OH excluding ortho intramolecular Hbond substituents is 1. The van der Waals surface area contributed by atoms with Gasteiger partial charge in [-0.2, -0.15) is 0 Å². The number of ketones is 1. The molecule has 0 saturated heterocycles. The summed E-state index contributed by atoms with van der Waals surface area (Å²) < 4.78 is 0. The molecule has 3 N–H and O–H groups in total. The van der Waals surface area contributed by atoms with Gasteiger partial charge in [-0.1, -0.05) is 30.3 Å². The summed E-state index contributed by atoms with van der Waals surface area (Å²) in [7, 11) is 0. The van der Waals surface area contributed by atoms with Crippen LogP contribution < -0.4 is 5.32 Å². The Bertz CT molecular complexity index is 869. The van der Waals surface area contributed by atoms with E-state index in [1.54, 1.807) is 18.2 Å². The SMILES string of the molecule is O=C(Cc1ccccc1)C(=O)NCCc1c[nH]c2ccc(O)cc12. The van der Waals surface area contributed by atoms with Crippen molar-refractivity contribution in [2.45, 2.75) is 12.8 Å². The van der Waals surface area contributed by atoms with Crippen molar-refractivity contribution in [2.75, 3.05) is 6.54 Å². The average molecular weight is 322 g/mol. The minimum atomic E-state index is -0.568. The molecule has 0 unspecified atom stereocenters. The summed E-state index contributed by atoms with van der Waals surface area (Å²) in [4.78, 5) is 26.9. The summed E-state index contributed by atoms with van der Waals surface area (Å²) >= 11 is 0. The van der Waals surface area contributed by atoms with Gasteiger partial charge in [-0.15, -0.1) is 0 Å². The zero-order valence-electron chi connectivity index (χ0n) is 13.1. The molecular formula is C19H18N2O3. The molecule has 0 spiro atoms. The molecular weight excluding hydrogens is 304 g/mol. The van der Waals surface area contributed by atoms with Crippen molar-refractivity contribution in [1.29, 1.82) is 0 Å². The van der Waals surface area contributed by atoms with Crippen LogP contribution in [0.1, 0.15) is 11.1 Å². The first-order valence-corrected chi connectivity index (χ1v) is 7.77. The summed E-state index contributed by atoms with van der Waals surface area (Å²) in [5.74, 6) is -0.815. The molecule has 0 bridgehead atoms. The first-order valence-electron chi connectivity index (χ1n) is 7.77. The fourth-order valence-corrected chi connectivity index (χ4v) is 2.64. The quantitative estimate of drug-likeness (QED) is 0.609. The highest BCUT2D eigenvalue weighted by Crippen LogP contribution is 2.22. The number of aromatic nitrogens is 1. The summed E-state index contributed by atoms with van der Waals surface area (Å²) in [6.07, 6.45) is 2.53. The van der Waals surface area contributed by atoms with Crippen LogP contribution in [-0.4, -0.2) is 28.3 Å². The van der Waals surface area contributed by atoms with Crippen molar-refractivity contribution >= 4 is 22.6 Å². The van der Waals surface area contributed by atoms with E-state index in [4.69, 9.17) is 0 Å². The lowest BCUT2D eigenvalue weighted by molar-refractivity contribution is -0.137. The van der Waals surface area contributed by atoms with Crippen LogP contribution in [0.15, 0.2) is 54.7 Å². The number of Topliss-reactive ketones (excluding diaryl/α,β-unsaturated/α-hetero) is 1. The molecule has 3 rings (SSSR count). The fourth-order valence-electron chi connectivity index (χ4n) is 2.64. The van der Waals surface area contributed by atoms with Gasteiger partial charge in [0.05, 0.1) is 0 Å². The number of aromatic amines is 1. The molecule has 122 valence electrons. The molecule has 1 amide bonds. The van der Waals surface area contributed by atoms with Gasteiger partial charge in [0.25, 0.3) is 5.91 Å². The third-order valence-electron chi connectivity index (χ3n) is 3.89. The zero-order valence-corrected chi connectivity index (χ0v) is 13.1. The van der Waals surface area contributed by atoms with Crippen molar-refractivity contribution in [1.82, 2.24) is 10.3 Å². The molecule has 1 aromatic heterocycles. The zero-order chi connectivity index (χ0) is 16.9. The molecule has 1 heterocycles. The van der Waals surface area contributed by atoms with Gasteiger partial charge in [0, 0.05) is 30.1 Å². The Morgan fingerprint density at radius 3 is 2.67 bits per heavy atom. The van der Waals surface area contributed by atoms with Gasteiger partial charge in [-0.3, -0.25) is 9.59 Å². The van der Waals surface area contributed by atoms with E-state index < -0.39 is 11.7 Å². The number of H-pyrrole nitrogens is 1. The van der Waals surface area contributed by atoms with Gasteiger partial charge in [0.2, 0.25) is 5.78 Å². The summed E-state index contributed by atoms with van der Waals surface area (Å²) in [6.45, 7) is 0.363. The van der Waals surface area contributed by atoms with Crippen LogP contribution in [0.5, 0.6) is 5.75 Å². The van der Waals surface area contributed by atoms with Crippen LogP contribution in [0.2, 0.25) is 0 Å². The van der Waals surface area contributed by atoms with E-state index in [2.05, 4.69) is 10.3 Å². The smallest absolute Gasteiger partial charge is 0.287 e. The second-order valence-corrected chi connectivity index (χ2v) is 5.64. The highest BCUT2D eigenvalue weighted by molar-refractivity contribution is 6.36. The molecule has 0 aliphatic carbocycles. The Hall–Kier alpha value is -3.08. The second kappa shape index (κ2) is 7.00. The molecule has 0 radical (unpaired) electrons. The monoisotopic (exact) mass is 322 g/mol. The molecule has 24 heavy (non-hydrogen) atoms. The number of hydrogen-bond acceptors (Lipinski definition) is 3. The normalized spacial score (nSPS) is 10.7. The maximum absolute atomic E-state index is 11.9. The second-order valence-electron chi connectivity index (χ2n) is 5.64. The summed E-state index contributed by atoms with van der Waals surface area (Å²) in [5, 5.41) is 13.1. The lowest BCUT2D eigenvalue weighted by Gasteiger charge is -2.04. The van der Waals surface area contributed by atoms with E-state index in [-0.39, 0.29) is 12.2 Å². The number of nitrogens with one attached hydrogen (secondary N) is 2. The van der Waals surface area contributed by atoms with E-state index >= 15 is 0 Å². The average Bonchev–Trinajstić information content (AvgIpc) is 2.98. The molecule has 0 fully saturated rings. The number of carbonyl (C=O) groups excluding carboxylic acids is 2. The molecule has 0 aliphatic rings. The van der Waals surface area contributed by atoms with Crippen molar-refractivity contribution in [3.05, 3.63) is 65.9 Å². The van der Waals surface area contributed by atoms with Crippen LogP contribution in [-0.2, 0) is 22.4 Å². The molecule has 0 saturated carbocycles. The van der Waals surface area contributed by atoms with Crippen LogP contribution >= 0.6 is 0 Å². The maximum Gasteiger partial charge on any atom is 0.287 e. The van der Waals surface area contributed by atoms with Gasteiger partial charge in [-0.25, -0.2) is 0 Å². The third kappa shape index (κ3) is 3.63. The largest absolute Gasteiger partial charge is 0.508 e. The van der Waals surface area contributed by atoms with Crippen LogP contribution in [0.3, 0.4) is 0 Å². The van der Waals surface area contributed by atoms with Crippen molar-refractivity contribution in [2.24, 2.45) is 0 Å². The predicted octanol–water partition coefficient (Wildman–Crippen LogP) is 2.34. The summed E-state index contributed by atoms with van der Waals surface area (Å²) in [6, 6.07) is 14.3. The highest BCUT2D eigenvalue weighted by Gasteiger charge is 2.14. The van der Waals surface area contributed by atoms with Gasteiger partial charge < -0.3 is 15.4 Å². The van der Waals surface area contributed by atoms with E-state index in [0.29, 0.717) is 13.0 Å². The Morgan fingerprint density at radius 1 is 1.08 bits per heavy atom. The first-order chi connectivity index (χ1) is 11.6. The van der Waals surface area contributed by atoms with Crippen LogP contribution in [0.25, 0.3) is 10.9 Å². The van der Waals surface area contributed by atoms with Gasteiger partial charge in [0.15, 0.2) is 0 Å². The van der Waals surface area contributed by atoms with Gasteiger partial charge in [0.1, 0.15) is 5.75 Å². The Balaban J connectivity index is 1.54. The van der Waals surface area contributed by atoms with Crippen LogP contribution in [0.4, 0.5) is 0 Å². The minimum Gasteiger partial charge on any atom is -0.508 e. The summed E-state index contributed by atoms with van der Waals surface area (Å²) in [5.41, 5.74) is 2.73. The Morgan fingerprint density at radius 2 is 1.88 bits per heavy atom. The number of amides is 1. The van der Waals surface area contributed by atoms with E-state index in [0.717, 1.165) is 22.0 Å². The molecule has 0 atom stereocenters. The Kier molecular flexibility index (Phi) is 4.61. The minimum absolute atomic E-state index is 0.105. The number of phenols is 1. The molecule has 5 nitrogen and oxygen atoms in total. The molecule has 3 aromatic rings. The number of aromatic hydroxyl groups is 1. The number of rotatable bonds is 6. The van der Waals surface area contributed by atoms with E-state index in [1.807, 2.05) is 36.5 Å². The maximum atomic E-state index is 11.9. The standard InChI is InChI=1S/C19H18N2O3/c22-15-6-7-17-16(11-15)14(12-21-17)8-9-20-19(24)18(23)10-13-4-2-1-3-5-13/h1-7,11-12,21-22H,8-10H2,(H,20,24). The van der Waals surface area contributed by atoms with Crippen molar-refractivity contribution in [3.8, 4) is 5.75 Å². The van der Waals surface area contributed by atoms with Crippen molar-refractivity contribution in [3.63, 3.8) is 0 Å². The highest BCUT2D eigenvalue weighted by atomic mass is 16.3. The van der Waals surface area contributed by atoms with E-state index in [9.17, 15) is 14.7 Å². The number of fused-ring (bicyclic) bond motifs is 1. The van der Waals surface area contributed by atoms with E-state index in [1.165, 1.54) is 0 Å². The van der Waals surface area contributed by atoms with Crippen molar-refractivity contribution < 1.29 is 14.7 Å². The number of benzene rings is 2. The molecule has 5 heteroatoms. The third-order valence-corrected chi connectivity index (χ3v) is 3.89. The first kappa shape index (κ1) is 15.8. The number of hydrogen-bond donors (Lipinski definition) is 3. The lowest BCUT2D eigenvalue weighted by Crippen LogP contribution is -2.33. The molecule has 2 aromatic carbocycles. The number of carbonyl (C=O) groups is 2. The fraction of sp³-hybridized carbons (Fsp3) is 0.158. The van der Waals surface area contributed by atoms with Crippen LogP contribution in [0, 0.1) is 0 Å².